The maximum Gasteiger partial charge on any atom is 0.311 e. The number of anilines is 1. The molecule has 2 rings (SSSR count). The molecule has 0 saturated carbocycles. The standard InChI is InChI=1S/C19H19Cl2NO5/c1-11(19(24)22-15-10-13(20)5-6-14(15)21)27-18(23)9-12-4-7-16(25-2)17(8-12)26-3/h4-8,10-11H,9H2,1-3H3,(H,22,24)/t11-/m0/s1. The number of hydrogen-bond donors (Lipinski definition) is 1. The lowest BCUT2D eigenvalue weighted by Gasteiger charge is -2.15. The van der Waals surface area contributed by atoms with Gasteiger partial charge >= 0.3 is 5.97 Å². The third-order valence-corrected chi connectivity index (χ3v) is 4.22. The Morgan fingerprint density at radius 2 is 1.74 bits per heavy atom. The maximum atomic E-state index is 12.2. The van der Waals surface area contributed by atoms with Crippen molar-refractivity contribution in [3.8, 4) is 11.5 Å². The van der Waals surface area contributed by atoms with Crippen LogP contribution in [-0.4, -0.2) is 32.2 Å². The average molecular weight is 412 g/mol. The molecule has 1 N–H and O–H groups in total. The fourth-order valence-electron chi connectivity index (χ4n) is 2.28. The molecule has 0 aliphatic rings. The number of benzene rings is 2. The molecule has 2 aromatic rings. The Labute approximate surface area is 167 Å². The molecule has 1 atom stereocenters. The minimum Gasteiger partial charge on any atom is -0.493 e. The summed E-state index contributed by atoms with van der Waals surface area (Å²) in [6, 6.07) is 9.77. The van der Waals surface area contributed by atoms with Crippen LogP contribution < -0.4 is 14.8 Å². The zero-order valence-electron chi connectivity index (χ0n) is 15.0. The smallest absolute Gasteiger partial charge is 0.311 e. The van der Waals surface area contributed by atoms with Crippen molar-refractivity contribution in [1.29, 1.82) is 0 Å². The summed E-state index contributed by atoms with van der Waals surface area (Å²) in [6.45, 7) is 1.47. The first-order valence-corrected chi connectivity index (χ1v) is 8.76. The van der Waals surface area contributed by atoms with Gasteiger partial charge in [0.1, 0.15) is 0 Å². The molecule has 1 amide bonds. The van der Waals surface area contributed by atoms with Crippen LogP contribution in [0.5, 0.6) is 11.5 Å². The molecule has 0 bridgehead atoms. The van der Waals surface area contributed by atoms with E-state index in [-0.39, 0.29) is 6.42 Å². The highest BCUT2D eigenvalue weighted by molar-refractivity contribution is 6.35. The molecule has 0 saturated heterocycles. The van der Waals surface area contributed by atoms with E-state index in [1.807, 2.05) is 0 Å². The summed E-state index contributed by atoms with van der Waals surface area (Å²) in [7, 11) is 3.03. The van der Waals surface area contributed by atoms with Crippen molar-refractivity contribution in [2.24, 2.45) is 0 Å². The van der Waals surface area contributed by atoms with E-state index in [4.69, 9.17) is 37.4 Å². The van der Waals surface area contributed by atoms with Gasteiger partial charge in [-0.15, -0.1) is 0 Å². The first kappa shape index (κ1) is 20.9. The highest BCUT2D eigenvalue weighted by atomic mass is 35.5. The molecule has 0 aliphatic carbocycles. The SMILES string of the molecule is COc1ccc(CC(=O)O[C@@H](C)C(=O)Nc2cc(Cl)ccc2Cl)cc1OC. The second-order valence-corrected chi connectivity index (χ2v) is 6.46. The van der Waals surface area contributed by atoms with E-state index in [0.29, 0.717) is 32.8 Å². The summed E-state index contributed by atoms with van der Waals surface area (Å²) in [5, 5.41) is 3.34. The molecule has 0 unspecified atom stereocenters. The van der Waals surface area contributed by atoms with Crippen LogP contribution >= 0.6 is 23.2 Å². The van der Waals surface area contributed by atoms with E-state index >= 15 is 0 Å². The second-order valence-electron chi connectivity index (χ2n) is 5.61. The number of carbonyl (C=O) groups excluding carboxylic acids is 2. The fraction of sp³-hybridized carbons (Fsp3) is 0.263. The van der Waals surface area contributed by atoms with Crippen LogP contribution in [-0.2, 0) is 20.7 Å². The van der Waals surface area contributed by atoms with Gasteiger partial charge in [0, 0.05) is 5.02 Å². The van der Waals surface area contributed by atoms with Crippen LogP contribution in [0.3, 0.4) is 0 Å². The third-order valence-electron chi connectivity index (χ3n) is 3.66. The lowest BCUT2D eigenvalue weighted by molar-refractivity contribution is -0.152. The predicted molar refractivity (Wildman–Crippen MR) is 104 cm³/mol. The van der Waals surface area contributed by atoms with E-state index in [1.165, 1.54) is 27.2 Å². The highest BCUT2D eigenvalue weighted by Gasteiger charge is 2.19. The minimum atomic E-state index is -1.01. The van der Waals surface area contributed by atoms with Crippen molar-refractivity contribution in [2.75, 3.05) is 19.5 Å². The van der Waals surface area contributed by atoms with E-state index < -0.39 is 18.0 Å². The van der Waals surface area contributed by atoms with E-state index in [0.717, 1.165) is 0 Å². The summed E-state index contributed by atoms with van der Waals surface area (Å²) in [5.74, 6) is -0.00755. The molecule has 27 heavy (non-hydrogen) atoms. The largest absolute Gasteiger partial charge is 0.493 e. The summed E-state index contributed by atoms with van der Waals surface area (Å²) in [5.41, 5.74) is 1.01. The highest BCUT2D eigenvalue weighted by Crippen LogP contribution is 2.28. The predicted octanol–water partition coefficient (Wildman–Crippen LogP) is 4.12. The second kappa shape index (κ2) is 9.48. The minimum absolute atomic E-state index is 0.0180. The molecular weight excluding hydrogens is 393 g/mol. The molecule has 2 aromatic carbocycles. The molecule has 144 valence electrons. The van der Waals surface area contributed by atoms with Crippen LogP contribution in [0, 0.1) is 0 Å². The van der Waals surface area contributed by atoms with Crippen molar-refractivity contribution in [2.45, 2.75) is 19.4 Å². The first-order valence-electron chi connectivity index (χ1n) is 8.00. The van der Waals surface area contributed by atoms with Crippen LogP contribution in [0.15, 0.2) is 36.4 Å². The Hall–Kier alpha value is -2.44. The summed E-state index contributed by atoms with van der Waals surface area (Å²) < 4.78 is 15.5. The molecule has 0 aromatic heterocycles. The van der Waals surface area contributed by atoms with E-state index in [1.54, 1.807) is 30.3 Å². The third kappa shape index (κ3) is 5.77. The normalized spacial score (nSPS) is 11.4. The van der Waals surface area contributed by atoms with Crippen molar-refractivity contribution >= 4 is 40.8 Å². The number of methoxy groups -OCH3 is 2. The number of ether oxygens (including phenoxy) is 3. The number of esters is 1. The fourth-order valence-corrected chi connectivity index (χ4v) is 2.61. The van der Waals surface area contributed by atoms with Crippen molar-refractivity contribution in [1.82, 2.24) is 0 Å². The number of nitrogens with one attached hydrogen (secondary N) is 1. The summed E-state index contributed by atoms with van der Waals surface area (Å²) in [4.78, 5) is 24.4. The molecule has 8 heteroatoms. The van der Waals surface area contributed by atoms with Gasteiger partial charge in [-0.25, -0.2) is 0 Å². The van der Waals surface area contributed by atoms with Gasteiger partial charge in [-0.1, -0.05) is 29.3 Å². The lowest BCUT2D eigenvalue weighted by Crippen LogP contribution is -2.30. The van der Waals surface area contributed by atoms with Gasteiger partial charge in [-0.2, -0.15) is 0 Å². The van der Waals surface area contributed by atoms with Crippen LogP contribution in [0.4, 0.5) is 5.69 Å². The average Bonchev–Trinajstić information content (AvgIpc) is 2.64. The Morgan fingerprint density at radius 3 is 2.41 bits per heavy atom. The number of halogens is 2. The molecule has 0 radical (unpaired) electrons. The Kier molecular flexibility index (Phi) is 7.33. The Balaban J connectivity index is 1.96. The summed E-state index contributed by atoms with van der Waals surface area (Å²) in [6.07, 6.45) is -1.02. The summed E-state index contributed by atoms with van der Waals surface area (Å²) >= 11 is 11.9. The van der Waals surface area contributed by atoms with Gasteiger partial charge in [0.25, 0.3) is 5.91 Å². The number of rotatable bonds is 7. The lowest BCUT2D eigenvalue weighted by atomic mass is 10.1. The van der Waals surface area contributed by atoms with Crippen LogP contribution in [0.1, 0.15) is 12.5 Å². The van der Waals surface area contributed by atoms with Crippen molar-refractivity contribution in [3.05, 3.63) is 52.0 Å². The zero-order chi connectivity index (χ0) is 20.0. The van der Waals surface area contributed by atoms with Gasteiger partial charge in [-0.3, -0.25) is 9.59 Å². The molecule has 0 aliphatic heterocycles. The van der Waals surface area contributed by atoms with Crippen molar-refractivity contribution in [3.63, 3.8) is 0 Å². The van der Waals surface area contributed by atoms with Gasteiger partial charge in [0.15, 0.2) is 17.6 Å². The van der Waals surface area contributed by atoms with Gasteiger partial charge < -0.3 is 19.5 Å². The molecule has 0 spiro atoms. The molecule has 0 heterocycles. The quantitative estimate of drug-likeness (QED) is 0.693. The monoisotopic (exact) mass is 411 g/mol. The van der Waals surface area contributed by atoms with Gasteiger partial charge in [0.05, 0.1) is 31.4 Å². The topological polar surface area (TPSA) is 73.9 Å². The molecular formula is C19H19Cl2NO5. The van der Waals surface area contributed by atoms with Gasteiger partial charge in [-0.05, 0) is 42.8 Å². The Morgan fingerprint density at radius 1 is 1.04 bits per heavy atom. The van der Waals surface area contributed by atoms with E-state index in [9.17, 15) is 9.59 Å². The number of amides is 1. The van der Waals surface area contributed by atoms with Crippen LogP contribution in [0.2, 0.25) is 10.0 Å². The van der Waals surface area contributed by atoms with Gasteiger partial charge in [0.2, 0.25) is 0 Å². The Bertz CT molecular complexity index is 841. The zero-order valence-corrected chi connectivity index (χ0v) is 16.6. The van der Waals surface area contributed by atoms with Crippen LogP contribution in [0.25, 0.3) is 0 Å². The van der Waals surface area contributed by atoms with Crippen molar-refractivity contribution < 1.29 is 23.8 Å². The molecule has 0 fully saturated rings. The number of carbonyl (C=O) groups is 2. The van der Waals surface area contributed by atoms with E-state index in [2.05, 4.69) is 5.32 Å². The maximum absolute atomic E-state index is 12.2. The first-order chi connectivity index (χ1) is 12.8. The number of hydrogen-bond acceptors (Lipinski definition) is 5. The molecule has 6 nitrogen and oxygen atoms in total.